The second kappa shape index (κ2) is 16.4. The number of methoxy groups -OCH3 is 1. The number of aliphatic hydroxyl groups is 1. The monoisotopic (exact) mass is 579 g/mol. The molecule has 41 heavy (non-hydrogen) atoms. The van der Waals surface area contributed by atoms with Gasteiger partial charge in [0.2, 0.25) is 5.95 Å². The summed E-state index contributed by atoms with van der Waals surface area (Å²) in [7, 11) is 4.48. The number of halogens is 1. The van der Waals surface area contributed by atoms with Crippen molar-refractivity contribution in [3.8, 4) is 5.75 Å². The lowest BCUT2D eigenvalue weighted by Gasteiger charge is -2.31. The number of aromatic nitrogens is 2. The molecule has 0 saturated heterocycles. The molecular weight excluding hydrogens is 538 g/mol. The van der Waals surface area contributed by atoms with E-state index in [1.807, 2.05) is 86.8 Å². The third kappa shape index (κ3) is 8.31. The van der Waals surface area contributed by atoms with Crippen LogP contribution in [0.25, 0.3) is 5.57 Å². The van der Waals surface area contributed by atoms with Gasteiger partial charge in [-0.1, -0.05) is 49.2 Å². The molecule has 9 heteroatoms. The number of imidazole rings is 1. The van der Waals surface area contributed by atoms with E-state index in [1.54, 1.807) is 13.3 Å². The Morgan fingerprint density at radius 1 is 1.20 bits per heavy atom. The molecule has 0 atom stereocenters. The van der Waals surface area contributed by atoms with E-state index in [0.717, 1.165) is 52.2 Å². The topological polar surface area (TPSA) is 92.0 Å². The summed E-state index contributed by atoms with van der Waals surface area (Å²) in [6.07, 6.45) is 6.36. The average Bonchev–Trinajstić information content (AvgIpc) is 3.46. The molecule has 8 nitrogen and oxygen atoms in total. The van der Waals surface area contributed by atoms with Crippen LogP contribution in [0.4, 0.5) is 5.95 Å². The normalized spacial score (nSPS) is 12.5. The van der Waals surface area contributed by atoms with Crippen LogP contribution in [-0.4, -0.2) is 60.0 Å². The summed E-state index contributed by atoms with van der Waals surface area (Å²) in [5.41, 5.74) is 6.40. The zero-order valence-corrected chi connectivity index (χ0v) is 25.9. The molecule has 3 aromatic rings. The molecular formula is C32H42ClN5O3. The molecule has 2 aromatic carbocycles. The SMILES string of the molecule is C=N/C(Cl)=C(\C=C(C)C)c1cc(Cn2ccnc2NC)cc2c1CCN(Cc1cccc(OC)c1)C2=O.CC.CO. The molecule has 220 valence electrons. The lowest BCUT2D eigenvalue weighted by molar-refractivity contribution is 0.0726. The number of carbonyl (C=O) groups excluding carboxylic acids is 1. The van der Waals surface area contributed by atoms with Gasteiger partial charge in [0.25, 0.3) is 5.91 Å². The van der Waals surface area contributed by atoms with Crippen LogP contribution in [0.3, 0.4) is 0 Å². The smallest absolute Gasteiger partial charge is 0.254 e. The Morgan fingerprint density at radius 3 is 2.56 bits per heavy atom. The van der Waals surface area contributed by atoms with Gasteiger partial charge in [0.1, 0.15) is 10.9 Å². The minimum absolute atomic E-state index is 0.00845. The van der Waals surface area contributed by atoms with Gasteiger partial charge in [-0.2, -0.15) is 0 Å². The highest BCUT2D eigenvalue weighted by atomic mass is 35.5. The van der Waals surface area contributed by atoms with Crippen molar-refractivity contribution in [2.75, 3.05) is 33.1 Å². The molecule has 1 aliphatic rings. The van der Waals surface area contributed by atoms with Crippen LogP contribution in [0.2, 0.25) is 0 Å². The van der Waals surface area contributed by atoms with Gasteiger partial charge in [0, 0.05) is 50.8 Å². The number of fused-ring (bicyclic) bond motifs is 1. The molecule has 1 amide bonds. The number of anilines is 1. The van der Waals surface area contributed by atoms with Crippen molar-refractivity contribution < 1.29 is 14.6 Å². The fourth-order valence-corrected chi connectivity index (χ4v) is 4.82. The molecule has 1 aliphatic heterocycles. The van der Waals surface area contributed by atoms with E-state index in [0.29, 0.717) is 36.8 Å². The van der Waals surface area contributed by atoms with E-state index >= 15 is 0 Å². The van der Waals surface area contributed by atoms with Crippen molar-refractivity contribution in [2.45, 2.75) is 47.2 Å². The predicted molar refractivity (Wildman–Crippen MR) is 170 cm³/mol. The van der Waals surface area contributed by atoms with Crippen LogP contribution in [0.15, 0.2) is 70.6 Å². The van der Waals surface area contributed by atoms with E-state index < -0.39 is 0 Å². The van der Waals surface area contributed by atoms with Crippen LogP contribution in [0.1, 0.15) is 60.3 Å². The number of benzene rings is 2. The van der Waals surface area contributed by atoms with Crippen LogP contribution in [0.5, 0.6) is 5.75 Å². The second-order valence-electron chi connectivity index (χ2n) is 9.21. The van der Waals surface area contributed by atoms with E-state index in [9.17, 15) is 4.79 Å². The molecule has 0 spiro atoms. The third-order valence-corrected chi connectivity index (χ3v) is 6.67. The van der Waals surface area contributed by atoms with Gasteiger partial charge < -0.3 is 24.6 Å². The summed E-state index contributed by atoms with van der Waals surface area (Å²) >= 11 is 6.57. The van der Waals surface area contributed by atoms with E-state index in [-0.39, 0.29) is 5.91 Å². The van der Waals surface area contributed by atoms with Crippen LogP contribution in [0, 0.1) is 0 Å². The van der Waals surface area contributed by atoms with Crippen molar-refractivity contribution in [2.24, 2.45) is 4.99 Å². The van der Waals surface area contributed by atoms with Crippen molar-refractivity contribution in [3.63, 3.8) is 0 Å². The number of aliphatic hydroxyl groups excluding tert-OH is 1. The molecule has 0 saturated carbocycles. The maximum atomic E-state index is 13.9. The largest absolute Gasteiger partial charge is 0.497 e. The van der Waals surface area contributed by atoms with Crippen molar-refractivity contribution >= 4 is 35.7 Å². The lowest BCUT2D eigenvalue weighted by Crippen LogP contribution is -2.37. The Hall–Kier alpha value is -3.88. The average molecular weight is 580 g/mol. The molecule has 2 heterocycles. The van der Waals surface area contributed by atoms with Gasteiger partial charge in [0.15, 0.2) is 0 Å². The summed E-state index contributed by atoms with van der Waals surface area (Å²) in [6.45, 7) is 13.3. The summed E-state index contributed by atoms with van der Waals surface area (Å²) in [4.78, 5) is 24.1. The number of ether oxygens (including phenoxy) is 1. The lowest BCUT2D eigenvalue weighted by atomic mass is 9.87. The number of hydrogen-bond acceptors (Lipinski definition) is 6. The van der Waals surface area contributed by atoms with Gasteiger partial charge in [-0.3, -0.25) is 9.79 Å². The third-order valence-electron chi connectivity index (χ3n) is 6.34. The molecule has 2 N–H and O–H groups in total. The minimum Gasteiger partial charge on any atom is -0.497 e. The standard InChI is InChI=1S/C29H32ClN5O2.C2H6.CH4O/c1-19(2)13-25(27(30)31-3)24-15-21(18-35-12-10-33-29(35)32-4)16-26-23(24)9-11-34(28(26)36)17-20-7-6-8-22(14-20)37-5;2*1-2/h6-8,10,12-16H,3,9,11,17-18H2,1-2,4-5H3,(H,32,33);1-2H3;2H,1H3/b27-25+;;. The molecule has 0 unspecified atom stereocenters. The first-order chi connectivity index (χ1) is 19.8. The molecule has 0 fully saturated rings. The summed E-state index contributed by atoms with van der Waals surface area (Å²) < 4.78 is 7.37. The van der Waals surface area contributed by atoms with E-state index in [2.05, 4.69) is 28.1 Å². The first-order valence-corrected chi connectivity index (χ1v) is 14.0. The first-order valence-electron chi connectivity index (χ1n) is 13.6. The zero-order valence-electron chi connectivity index (χ0n) is 25.2. The number of rotatable bonds is 9. The Balaban J connectivity index is 0.00000141. The van der Waals surface area contributed by atoms with Crippen molar-refractivity contribution in [1.82, 2.24) is 14.5 Å². The Morgan fingerprint density at radius 2 is 1.93 bits per heavy atom. The zero-order chi connectivity index (χ0) is 30.5. The van der Waals surface area contributed by atoms with E-state index in [1.165, 1.54) is 0 Å². The van der Waals surface area contributed by atoms with Gasteiger partial charge in [0.05, 0.1) is 13.7 Å². The highest BCUT2D eigenvalue weighted by Gasteiger charge is 2.28. The highest BCUT2D eigenvalue weighted by molar-refractivity contribution is 6.33. The molecule has 1 aromatic heterocycles. The molecule has 0 bridgehead atoms. The number of hydrogen-bond donors (Lipinski definition) is 2. The summed E-state index contributed by atoms with van der Waals surface area (Å²) in [6, 6.07) is 11.9. The minimum atomic E-state index is -0.00845. The number of allylic oxidation sites excluding steroid dienone is 3. The maximum absolute atomic E-state index is 13.9. The Bertz CT molecular complexity index is 1390. The maximum Gasteiger partial charge on any atom is 0.254 e. The van der Waals surface area contributed by atoms with Gasteiger partial charge in [-0.25, -0.2) is 4.98 Å². The van der Waals surface area contributed by atoms with Gasteiger partial charge in [-0.05, 0) is 73.5 Å². The van der Waals surface area contributed by atoms with E-state index in [4.69, 9.17) is 21.4 Å². The first kappa shape index (κ1) is 33.3. The predicted octanol–water partition coefficient (Wildman–Crippen LogP) is 6.39. The van der Waals surface area contributed by atoms with Gasteiger partial charge in [-0.15, -0.1) is 0 Å². The van der Waals surface area contributed by atoms with Crippen LogP contribution < -0.4 is 10.1 Å². The summed E-state index contributed by atoms with van der Waals surface area (Å²) in [5, 5.41) is 10.4. The molecule has 0 radical (unpaired) electrons. The fourth-order valence-electron chi connectivity index (χ4n) is 4.67. The number of nitrogens with zero attached hydrogens (tertiary/aromatic N) is 4. The van der Waals surface area contributed by atoms with Crippen LogP contribution in [-0.2, 0) is 19.5 Å². The Labute approximate surface area is 249 Å². The second-order valence-corrected chi connectivity index (χ2v) is 9.57. The summed E-state index contributed by atoms with van der Waals surface area (Å²) in [5.74, 6) is 1.51. The number of carbonyl (C=O) groups is 1. The molecule has 0 aliphatic carbocycles. The highest BCUT2D eigenvalue weighted by Crippen LogP contribution is 2.34. The number of aliphatic imine (C=N–C) groups is 1. The number of nitrogens with one attached hydrogen (secondary N) is 1. The van der Waals surface area contributed by atoms with Gasteiger partial charge >= 0.3 is 0 Å². The Kier molecular flexibility index (Phi) is 13.3. The van der Waals surface area contributed by atoms with Crippen molar-refractivity contribution in [3.05, 3.63) is 93.4 Å². The number of amides is 1. The molecule has 4 rings (SSSR count). The van der Waals surface area contributed by atoms with Crippen molar-refractivity contribution in [1.29, 1.82) is 0 Å². The quantitative estimate of drug-likeness (QED) is 0.174. The fraction of sp³-hybridized carbons (Fsp3) is 0.344. The van der Waals surface area contributed by atoms with Crippen LogP contribution >= 0.6 is 11.6 Å².